The predicted molar refractivity (Wildman–Crippen MR) is 135 cm³/mol. The van der Waals surface area contributed by atoms with E-state index < -0.39 is 11.8 Å². The van der Waals surface area contributed by atoms with Gasteiger partial charge in [-0.1, -0.05) is 12.1 Å². The zero-order chi connectivity index (χ0) is 24.9. The number of fused-ring (bicyclic) bond motifs is 1. The van der Waals surface area contributed by atoms with Crippen LogP contribution in [-0.4, -0.2) is 41.0 Å². The molecular formula is C26H21N2NaO5S2. The number of aromatic nitrogens is 2. The van der Waals surface area contributed by atoms with Gasteiger partial charge in [-0.2, -0.15) is 8.75 Å². The van der Waals surface area contributed by atoms with Crippen LogP contribution in [0.25, 0.3) is 16.6 Å². The summed E-state index contributed by atoms with van der Waals surface area (Å²) in [5.74, 6) is -0.839. The number of aliphatic carboxylic acids is 1. The number of benzene rings is 3. The summed E-state index contributed by atoms with van der Waals surface area (Å²) >= 11 is 2.59. The van der Waals surface area contributed by atoms with Gasteiger partial charge in [0.25, 0.3) is 0 Å². The minimum absolute atomic E-state index is 0. The van der Waals surface area contributed by atoms with E-state index in [4.69, 9.17) is 9.47 Å². The first-order chi connectivity index (χ1) is 16.9. The van der Waals surface area contributed by atoms with Crippen molar-refractivity contribution in [1.82, 2.24) is 8.75 Å². The molecule has 0 radical (unpaired) electrons. The molecular weight excluding hydrogens is 507 g/mol. The fourth-order valence-corrected chi connectivity index (χ4v) is 4.67. The van der Waals surface area contributed by atoms with Crippen molar-refractivity contribution in [2.24, 2.45) is 0 Å². The number of ether oxygens (including phenoxy) is 2. The van der Waals surface area contributed by atoms with Gasteiger partial charge < -0.3 is 19.4 Å². The number of carbonyl (C=O) groups excluding carboxylic acids is 2. The normalized spacial score (nSPS) is 11.4. The van der Waals surface area contributed by atoms with E-state index in [1.54, 1.807) is 60.3 Å². The van der Waals surface area contributed by atoms with Crippen molar-refractivity contribution in [3.05, 3.63) is 82.9 Å². The molecule has 0 aliphatic heterocycles. The van der Waals surface area contributed by atoms with Crippen molar-refractivity contribution in [3.63, 3.8) is 0 Å². The van der Waals surface area contributed by atoms with Crippen LogP contribution in [0.3, 0.4) is 0 Å². The Morgan fingerprint density at radius 1 is 0.889 bits per heavy atom. The third-order valence-corrected chi connectivity index (χ3v) is 6.80. The maximum Gasteiger partial charge on any atom is 1.00 e. The van der Waals surface area contributed by atoms with Gasteiger partial charge in [-0.15, -0.1) is 11.8 Å². The van der Waals surface area contributed by atoms with Gasteiger partial charge in [0.05, 0.1) is 31.9 Å². The van der Waals surface area contributed by atoms with Crippen LogP contribution >= 0.6 is 23.5 Å². The van der Waals surface area contributed by atoms with Gasteiger partial charge in [0, 0.05) is 28.0 Å². The summed E-state index contributed by atoms with van der Waals surface area (Å²) in [5, 5.41) is 12.5. The van der Waals surface area contributed by atoms with E-state index in [2.05, 4.69) is 8.75 Å². The quantitative estimate of drug-likeness (QED) is 0.138. The molecule has 0 aliphatic carbocycles. The van der Waals surface area contributed by atoms with Crippen molar-refractivity contribution in [2.45, 2.75) is 11.3 Å². The Labute approximate surface area is 239 Å². The Bertz CT molecular complexity index is 1430. The number of Topliss-reactive ketones (excluding diaryl/α,β-unsaturated/α-hetero) is 1. The average Bonchev–Trinajstić information content (AvgIpc) is 3.35. The number of carboxylic acid groups (broad SMARTS) is 1. The van der Waals surface area contributed by atoms with Crippen molar-refractivity contribution in [1.29, 1.82) is 0 Å². The summed E-state index contributed by atoms with van der Waals surface area (Å²) in [6, 6.07) is 17.2. The van der Waals surface area contributed by atoms with Crippen LogP contribution in [-0.2, 0) is 11.2 Å². The van der Waals surface area contributed by atoms with Crippen molar-refractivity contribution in [2.75, 3.05) is 20.5 Å². The van der Waals surface area contributed by atoms with Gasteiger partial charge in [-0.3, -0.25) is 4.79 Å². The Hall–Kier alpha value is -2.69. The van der Waals surface area contributed by atoms with Gasteiger partial charge in [0.15, 0.2) is 17.3 Å². The number of methoxy groups -OCH3 is 2. The summed E-state index contributed by atoms with van der Waals surface area (Å²) in [7, 11) is 3.04. The second kappa shape index (κ2) is 12.5. The van der Waals surface area contributed by atoms with Crippen molar-refractivity contribution >= 4 is 51.8 Å². The summed E-state index contributed by atoms with van der Waals surface area (Å²) < 4.78 is 19.1. The third-order valence-electron chi connectivity index (χ3n) is 5.50. The minimum atomic E-state index is -1.45. The van der Waals surface area contributed by atoms with Gasteiger partial charge >= 0.3 is 29.6 Å². The maximum absolute atomic E-state index is 13.7. The molecule has 4 aromatic rings. The summed E-state index contributed by atoms with van der Waals surface area (Å²) in [4.78, 5) is 27.2. The molecule has 10 heteroatoms. The first-order valence-electron chi connectivity index (χ1n) is 10.5. The first kappa shape index (κ1) is 27.9. The van der Waals surface area contributed by atoms with Crippen LogP contribution in [0.1, 0.15) is 21.5 Å². The zero-order valence-corrected chi connectivity index (χ0v) is 23.9. The molecule has 0 amide bonds. The SMILES string of the molecule is COc1ccc(CC(C(=O)c2ccc(SC)cc2)=C(C(=O)[O-])c2ccc3nsnc3c2)cc1OC.[Na+]. The van der Waals surface area contributed by atoms with Crippen molar-refractivity contribution < 1.29 is 53.7 Å². The van der Waals surface area contributed by atoms with E-state index in [0.29, 0.717) is 39.2 Å². The molecule has 4 rings (SSSR count). The Kier molecular flexibility index (Phi) is 9.69. The molecule has 36 heavy (non-hydrogen) atoms. The Morgan fingerprint density at radius 2 is 1.56 bits per heavy atom. The van der Waals surface area contributed by atoms with Gasteiger partial charge in [0.2, 0.25) is 0 Å². The average molecular weight is 529 g/mol. The van der Waals surface area contributed by atoms with E-state index >= 15 is 0 Å². The van der Waals surface area contributed by atoms with E-state index in [1.165, 1.54) is 14.2 Å². The maximum atomic E-state index is 13.7. The summed E-state index contributed by atoms with van der Waals surface area (Å²) in [6.45, 7) is 0. The summed E-state index contributed by atoms with van der Waals surface area (Å²) in [5.41, 5.74) is 2.50. The van der Waals surface area contributed by atoms with Crippen LogP contribution in [0.15, 0.2) is 71.1 Å². The van der Waals surface area contributed by atoms with Crippen LogP contribution in [0, 0.1) is 0 Å². The molecule has 178 valence electrons. The van der Waals surface area contributed by atoms with E-state index in [0.717, 1.165) is 16.6 Å². The number of nitrogens with zero attached hydrogens (tertiary/aromatic N) is 2. The molecule has 0 spiro atoms. The summed E-state index contributed by atoms with van der Waals surface area (Å²) in [6.07, 6.45) is 1.98. The molecule has 0 unspecified atom stereocenters. The molecule has 0 N–H and O–H groups in total. The molecule has 1 aromatic heterocycles. The third kappa shape index (κ3) is 5.99. The number of carboxylic acids is 1. The van der Waals surface area contributed by atoms with Gasteiger partial charge in [0.1, 0.15) is 11.0 Å². The van der Waals surface area contributed by atoms with E-state index in [1.807, 2.05) is 18.4 Å². The fraction of sp³-hybridized carbons (Fsp3) is 0.154. The van der Waals surface area contributed by atoms with Crippen LogP contribution in [0.4, 0.5) is 0 Å². The van der Waals surface area contributed by atoms with Crippen LogP contribution < -0.4 is 44.1 Å². The smallest absolute Gasteiger partial charge is 0.545 e. The number of ketones is 1. The molecule has 0 saturated carbocycles. The largest absolute Gasteiger partial charge is 1.00 e. The van der Waals surface area contributed by atoms with E-state index in [-0.39, 0.29) is 47.1 Å². The minimum Gasteiger partial charge on any atom is -0.545 e. The number of hydrogen-bond donors (Lipinski definition) is 0. The molecule has 0 aliphatic rings. The van der Waals surface area contributed by atoms with Crippen LogP contribution in [0.5, 0.6) is 11.5 Å². The van der Waals surface area contributed by atoms with E-state index in [9.17, 15) is 14.7 Å². The second-order valence-electron chi connectivity index (χ2n) is 7.53. The molecule has 0 atom stereocenters. The molecule has 0 fully saturated rings. The van der Waals surface area contributed by atoms with Gasteiger partial charge in [-0.05, 0) is 65.9 Å². The van der Waals surface area contributed by atoms with Crippen molar-refractivity contribution in [3.8, 4) is 11.5 Å². The molecule has 3 aromatic carbocycles. The fourth-order valence-electron chi connectivity index (χ4n) is 3.75. The molecule has 0 saturated heterocycles. The first-order valence-corrected chi connectivity index (χ1v) is 12.5. The number of rotatable bonds is 9. The monoisotopic (exact) mass is 528 g/mol. The standard InChI is InChI=1S/C26H22N2O5S2.Na/c1-32-22-11-4-15(13-23(22)33-2)12-19(25(29)16-5-8-18(34-3)9-6-16)24(26(30)31)17-7-10-20-21(14-17)28-35-27-20;/h4-11,13-14H,12H2,1-3H3,(H,30,31);/q;+1/p-1. The van der Waals surface area contributed by atoms with Gasteiger partial charge in [-0.25, -0.2) is 0 Å². The number of hydrogen-bond acceptors (Lipinski definition) is 9. The molecule has 1 heterocycles. The number of allylic oxidation sites excluding steroid dienone is 1. The Balaban J connectivity index is 0.00000361. The molecule has 7 nitrogen and oxygen atoms in total. The topological polar surface area (TPSA) is 101 Å². The van der Waals surface area contributed by atoms with Crippen LogP contribution in [0.2, 0.25) is 0 Å². The number of thioether (sulfide) groups is 1. The number of carbonyl (C=O) groups is 2. The second-order valence-corrected chi connectivity index (χ2v) is 8.94. The Morgan fingerprint density at radius 3 is 2.19 bits per heavy atom. The zero-order valence-electron chi connectivity index (χ0n) is 20.2. The molecule has 0 bridgehead atoms. The predicted octanol–water partition coefficient (Wildman–Crippen LogP) is 1.06.